The lowest BCUT2D eigenvalue weighted by Gasteiger charge is -2.01. The van der Waals surface area contributed by atoms with Gasteiger partial charge in [0.05, 0.1) is 20.1 Å². The van der Waals surface area contributed by atoms with E-state index in [0.29, 0.717) is 0 Å². The minimum absolute atomic E-state index is 0.0917. The maximum absolute atomic E-state index is 10.7. The summed E-state index contributed by atoms with van der Waals surface area (Å²) in [6.07, 6.45) is 0. The average Bonchev–Trinajstić information content (AvgIpc) is 2.20. The van der Waals surface area contributed by atoms with Crippen molar-refractivity contribution in [3.63, 3.8) is 0 Å². The molecule has 0 aliphatic heterocycles. The van der Waals surface area contributed by atoms with E-state index >= 15 is 0 Å². The Kier molecular flexibility index (Phi) is 4.45. The van der Waals surface area contributed by atoms with Crippen molar-refractivity contribution in [1.82, 2.24) is 0 Å². The van der Waals surface area contributed by atoms with Crippen molar-refractivity contribution in [2.75, 3.05) is 0 Å². The van der Waals surface area contributed by atoms with Crippen LogP contribution >= 0.6 is 27.5 Å². The lowest BCUT2D eigenvalue weighted by Crippen LogP contribution is -2.26. The van der Waals surface area contributed by atoms with Crippen molar-refractivity contribution in [3.8, 4) is 0 Å². The van der Waals surface area contributed by atoms with E-state index in [1.807, 2.05) is 0 Å². The summed E-state index contributed by atoms with van der Waals surface area (Å²) in [5, 5.41) is 10.9. The van der Waals surface area contributed by atoms with Gasteiger partial charge in [0.2, 0.25) is 5.96 Å². The number of nitrogens with zero attached hydrogens (tertiary/aromatic N) is 3. The van der Waals surface area contributed by atoms with Gasteiger partial charge in [-0.3, -0.25) is 10.1 Å². The van der Waals surface area contributed by atoms with Crippen LogP contribution in [0.15, 0.2) is 26.6 Å². The van der Waals surface area contributed by atoms with Gasteiger partial charge in [-0.05, 0) is 22.0 Å². The summed E-state index contributed by atoms with van der Waals surface area (Å²) in [5.74, 6) is -0.535. The third-order valence-corrected chi connectivity index (χ3v) is 2.63. The third kappa shape index (κ3) is 3.57. The van der Waals surface area contributed by atoms with Crippen molar-refractivity contribution in [2.24, 2.45) is 27.2 Å². The number of rotatable bonds is 2. The molecule has 0 heterocycles. The van der Waals surface area contributed by atoms with Crippen molar-refractivity contribution in [2.45, 2.75) is 0 Å². The Morgan fingerprint density at radius 1 is 1.39 bits per heavy atom. The van der Waals surface area contributed by atoms with Crippen LogP contribution in [0.4, 0.5) is 11.4 Å². The summed E-state index contributed by atoms with van der Waals surface area (Å²) in [7, 11) is 0. The highest BCUT2D eigenvalue weighted by Crippen LogP contribution is 2.35. The van der Waals surface area contributed by atoms with Crippen molar-refractivity contribution in [3.05, 3.63) is 31.7 Å². The fourth-order valence-electron chi connectivity index (χ4n) is 1.03. The van der Waals surface area contributed by atoms with E-state index in [9.17, 15) is 10.1 Å². The molecule has 0 atom stereocenters. The molecule has 0 saturated carbocycles. The van der Waals surface area contributed by atoms with Gasteiger partial charge in [-0.15, -0.1) is 0 Å². The van der Waals surface area contributed by atoms with Gasteiger partial charge in [0, 0.05) is 6.07 Å². The van der Waals surface area contributed by atoms with Crippen LogP contribution in [-0.2, 0) is 0 Å². The fourth-order valence-corrected chi connectivity index (χ4v) is 1.86. The predicted molar refractivity (Wildman–Crippen MR) is 72.9 cm³/mol. The number of hydrogen-bond donors (Lipinski definition) is 3. The number of nitrogens with two attached hydrogens (primary N) is 3. The van der Waals surface area contributed by atoms with Crippen LogP contribution in [0.2, 0.25) is 5.02 Å². The highest BCUT2D eigenvalue weighted by molar-refractivity contribution is 9.10. The lowest BCUT2D eigenvalue weighted by molar-refractivity contribution is -0.385. The lowest BCUT2D eigenvalue weighted by atomic mass is 10.3. The maximum Gasteiger partial charge on any atom is 0.285 e. The Bertz CT molecular complexity index is 555. The molecule has 8 nitrogen and oxygen atoms in total. The molecule has 0 bridgehead atoms. The second-order valence-electron chi connectivity index (χ2n) is 3.02. The molecule has 0 spiro atoms. The van der Waals surface area contributed by atoms with Crippen molar-refractivity contribution >= 4 is 50.8 Å². The molecule has 1 aromatic rings. The van der Waals surface area contributed by atoms with Gasteiger partial charge in [-0.25, -0.2) is 4.99 Å². The minimum Gasteiger partial charge on any atom is -0.370 e. The molecular weight excluding hydrogens is 327 g/mol. The van der Waals surface area contributed by atoms with E-state index in [-0.39, 0.29) is 32.8 Å². The first-order chi connectivity index (χ1) is 8.31. The molecule has 96 valence electrons. The molecule has 0 amide bonds. The number of aliphatic imine (C=N–C) groups is 2. The highest BCUT2D eigenvalue weighted by Gasteiger charge is 2.15. The monoisotopic (exact) mass is 334 g/mol. The first-order valence-electron chi connectivity index (χ1n) is 4.38. The normalized spacial score (nSPS) is 11.1. The number of hydrogen-bond acceptors (Lipinski definition) is 3. The van der Waals surface area contributed by atoms with Gasteiger partial charge in [0.15, 0.2) is 5.96 Å². The summed E-state index contributed by atoms with van der Waals surface area (Å²) >= 11 is 8.88. The zero-order chi connectivity index (χ0) is 13.9. The molecule has 0 unspecified atom stereocenters. The van der Waals surface area contributed by atoms with E-state index < -0.39 is 4.92 Å². The average molecular weight is 336 g/mol. The minimum atomic E-state index is -0.587. The van der Waals surface area contributed by atoms with Gasteiger partial charge in [0.25, 0.3) is 5.69 Å². The number of guanidine groups is 2. The fraction of sp³-hybridized carbons (Fsp3) is 0. The van der Waals surface area contributed by atoms with Crippen LogP contribution in [0.25, 0.3) is 0 Å². The van der Waals surface area contributed by atoms with E-state index in [0.717, 1.165) is 6.07 Å². The molecule has 6 N–H and O–H groups in total. The van der Waals surface area contributed by atoms with Crippen LogP contribution in [0.1, 0.15) is 0 Å². The molecule has 0 aliphatic carbocycles. The Morgan fingerprint density at radius 3 is 2.50 bits per heavy atom. The second-order valence-corrected chi connectivity index (χ2v) is 4.28. The van der Waals surface area contributed by atoms with Crippen LogP contribution < -0.4 is 17.2 Å². The van der Waals surface area contributed by atoms with Gasteiger partial charge in [-0.2, -0.15) is 4.99 Å². The number of benzene rings is 1. The SMILES string of the molecule is NC(N)=NC(N)=Nc1cc([N+](=O)[O-])c(Br)cc1Cl. The summed E-state index contributed by atoms with van der Waals surface area (Å²) in [4.78, 5) is 17.4. The number of halogens is 2. The van der Waals surface area contributed by atoms with Gasteiger partial charge in [0.1, 0.15) is 0 Å². The molecule has 0 aliphatic rings. The van der Waals surface area contributed by atoms with Crippen molar-refractivity contribution in [1.29, 1.82) is 0 Å². The summed E-state index contributed by atoms with van der Waals surface area (Å²) in [6.45, 7) is 0. The van der Waals surface area contributed by atoms with E-state index in [2.05, 4.69) is 25.9 Å². The highest BCUT2D eigenvalue weighted by atomic mass is 79.9. The van der Waals surface area contributed by atoms with Gasteiger partial charge in [-0.1, -0.05) is 11.6 Å². The van der Waals surface area contributed by atoms with Crippen LogP contribution in [0.5, 0.6) is 0 Å². The first kappa shape index (κ1) is 14.2. The Hall–Kier alpha value is -1.87. The molecule has 0 aromatic heterocycles. The molecule has 10 heteroatoms. The van der Waals surface area contributed by atoms with E-state index in [1.54, 1.807) is 0 Å². The zero-order valence-corrected chi connectivity index (χ0v) is 11.1. The summed E-state index contributed by atoms with van der Waals surface area (Å²) < 4.78 is 0.233. The van der Waals surface area contributed by atoms with Crippen molar-refractivity contribution < 1.29 is 4.92 Å². The first-order valence-corrected chi connectivity index (χ1v) is 5.55. The standard InChI is InChI=1S/C8H8BrClN6O2/c9-3-1-4(10)5(2-6(3)16(17)18)14-8(13)15-7(11)12/h1-2H,(H6,11,12,13,14,15). The second kappa shape index (κ2) is 5.65. The summed E-state index contributed by atoms with van der Waals surface area (Å²) in [6, 6.07) is 2.49. The summed E-state index contributed by atoms with van der Waals surface area (Å²) in [5.41, 5.74) is 15.5. The Morgan fingerprint density at radius 2 is 2.00 bits per heavy atom. The molecule has 0 radical (unpaired) electrons. The zero-order valence-electron chi connectivity index (χ0n) is 8.80. The molecule has 0 fully saturated rings. The van der Waals surface area contributed by atoms with Gasteiger partial charge >= 0.3 is 0 Å². The molecule has 18 heavy (non-hydrogen) atoms. The van der Waals surface area contributed by atoms with Gasteiger partial charge < -0.3 is 17.2 Å². The smallest absolute Gasteiger partial charge is 0.285 e. The molecule has 0 saturated heterocycles. The van der Waals surface area contributed by atoms with E-state index in [1.165, 1.54) is 6.07 Å². The maximum atomic E-state index is 10.7. The third-order valence-electron chi connectivity index (χ3n) is 1.69. The number of nitro benzene ring substituents is 1. The largest absolute Gasteiger partial charge is 0.370 e. The Labute approximate surface area is 115 Å². The Balaban J connectivity index is 3.30. The molecular formula is C8H8BrClN6O2. The van der Waals surface area contributed by atoms with E-state index in [4.69, 9.17) is 28.8 Å². The topological polar surface area (TPSA) is 146 Å². The van der Waals surface area contributed by atoms with Crippen LogP contribution in [0, 0.1) is 10.1 Å². The molecule has 1 rings (SSSR count). The number of nitro groups is 1. The van der Waals surface area contributed by atoms with Crippen LogP contribution in [0.3, 0.4) is 0 Å². The molecule has 1 aromatic carbocycles. The quantitative estimate of drug-likeness (QED) is 0.322. The van der Waals surface area contributed by atoms with Crippen LogP contribution in [-0.4, -0.2) is 16.8 Å². The predicted octanol–water partition coefficient (Wildman–Crippen LogP) is 1.23.